The molecule has 0 N–H and O–H groups in total. The Morgan fingerprint density at radius 3 is 2.73 bits per heavy atom. The molecule has 3 rings (SSSR count). The van der Waals surface area contributed by atoms with Gasteiger partial charge in [-0.3, -0.25) is 9.30 Å². The Morgan fingerprint density at radius 2 is 1.95 bits per heavy atom. The highest BCUT2D eigenvalue weighted by Crippen LogP contribution is 2.15. The molecule has 0 atom stereocenters. The van der Waals surface area contributed by atoms with Crippen LogP contribution < -0.4 is 4.90 Å². The summed E-state index contributed by atoms with van der Waals surface area (Å²) in [6.45, 7) is 1.69. The minimum Gasteiger partial charge on any atom is -0.378 e. The van der Waals surface area contributed by atoms with Crippen LogP contribution in [-0.2, 0) is 13.1 Å². The van der Waals surface area contributed by atoms with E-state index >= 15 is 0 Å². The van der Waals surface area contributed by atoms with Gasteiger partial charge < -0.3 is 4.90 Å². The van der Waals surface area contributed by atoms with E-state index in [2.05, 4.69) is 65.2 Å². The van der Waals surface area contributed by atoms with E-state index in [1.54, 1.807) is 6.20 Å². The van der Waals surface area contributed by atoms with Crippen LogP contribution in [0.15, 0.2) is 48.9 Å². The molecule has 0 bridgehead atoms. The lowest BCUT2D eigenvalue weighted by molar-refractivity contribution is 0.316. The molecule has 0 aliphatic heterocycles. The van der Waals surface area contributed by atoms with Gasteiger partial charge in [0.05, 0.1) is 5.69 Å². The molecule has 0 saturated heterocycles. The van der Waals surface area contributed by atoms with Crippen molar-refractivity contribution in [2.45, 2.75) is 13.1 Å². The van der Waals surface area contributed by atoms with Crippen molar-refractivity contribution in [1.29, 1.82) is 0 Å². The molecule has 1 aromatic carbocycles. The first kappa shape index (κ1) is 14.5. The van der Waals surface area contributed by atoms with Crippen molar-refractivity contribution < 1.29 is 0 Å². The Hall–Kier alpha value is -2.40. The van der Waals surface area contributed by atoms with Crippen LogP contribution in [0.4, 0.5) is 5.69 Å². The normalized spacial score (nSPS) is 11.3. The summed E-state index contributed by atoms with van der Waals surface area (Å²) in [5.74, 6) is 0.750. The maximum Gasteiger partial charge on any atom is 0.233 e. The zero-order chi connectivity index (χ0) is 15.5. The van der Waals surface area contributed by atoms with E-state index in [0.717, 1.165) is 24.6 Å². The number of aromatic nitrogens is 3. The average molecular weight is 295 g/mol. The molecule has 0 unspecified atom stereocenters. The van der Waals surface area contributed by atoms with Crippen LogP contribution in [0.5, 0.6) is 0 Å². The second-order valence-electron chi connectivity index (χ2n) is 5.80. The maximum atomic E-state index is 4.54. The van der Waals surface area contributed by atoms with E-state index in [4.69, 9.17) is 0 Å². The minimum absolute atomic E-state index is 0.750. The molecule has 5 nitrogen and oxygen atoms in total. The lowest BCUT2D eigenvalue weighted by Crippen LogP contribution is -2.18. The van der Waals surface area contributed by atoms with Crippen molar-refractivity contribution in [3.63, 3.8) is 0 Å². The zero-order valence-electron chi connectivity index (χ0n) is 13.3. The standard InChI is InChI=1S/C17H21N5/c1-20(2)16-7-4-6-14(10-16)11-21(3)12-15-13-22-9-5-8-18-17(22)19-15/h4-10,13H,11-12H2,1-3H3. The van der Waals surface area contributed by atoms with Gasteiger partial charge in [-0.15, -0.1) is 0 Å². The number of imidazole rings is 1. The van der Waals surface area contributed by atoms with E-state index in [1.807, 2.05) is 22.9 Å². The Morgan fingerprint density at radius 1 is 1.09 bits per heavy atom. The second-order valence-corrected chi connectivity index (χ2v) is 5.80. The Bertz CT molecular complexity index is 729. The van der Waals surface area contributed by atoms with Gasteiger partial charge in [0.15, 0.2) is 0 Å². The largest absolute Gasteiger partial charge is 0.378 e. The highest BCUT2D eigenvalue weighted by Gasteiger charge is 2.07. The Kier molecular flexibility index (Phi) is 4.06. The van der Waals surface area contributed by atoms with E-state index in [-0.39, 0.29) is 0 Å². The van der Waals surface area contributed by atoms with Crippen molar-refractivity contribution in [1.82, 2.24) is 19.3 Å². The van der Waals surface area contributed by atoms with Crippen LogP contribution in [-0.4, -0.2) is 40.4 Å². The summed E-state index contributed by atoms with van der Waals surface area (Å²) in [5.41, 5.74) is 3.56. The summed E-state index contributed by atoms with van der Waals surface area (Å²) in [7, 11) is 6.23. The molecule has 0 radical (unpaired) electrons. The molecule has 2 aromatic heterocycles. The van der Waals surface area contributed by atoms with Gasteiger partial charge in [0.25, 0.3) is 0 Å². The summed E-state index contributed by atoms with van der Waals surface area (Å²) in [6, 6.07) is 10.5. The van der Waals surface area contributed by atoms with Crippen molar-refractivity contribution in [2.24, 2.45) is 0 Å². The molecule has 0 spiro atoms. The molecule has 0 aliphatic carbocycles. The monoisotopic (exact) mass is 295 g/mol. The van der Waals surface area contributed by atoms with Crippen LogP contribution >= 0.6 is 0 Å². The van der Waals surface area contributed by atoms with Gasteiger partial charge in [-0.25, -0.2) is 9.97 Å². The molecule has 3 aromatic rings. The van der Waals surface area contributed by atoms with Crippen LogP contribution in [0, 0.1) is 0 Å². The number of benzene rings is 1. The van der Waals surface area contributed by atoms with Gasteiger partial charge in [-0.1, -0.05) is 12.1 Å². The van der Waals surface area contributed by atoms with Gasteiger partial charge in [-0.2, -0.15) is 0 Å². The average Bonchev–Trinajstić information content (AvgIpc) is 2.89. The number of rotatable bonds is 5. The summed E-state index contributed by atoms with van der Waals surface area (Å²) < 4.78 is 1.95. The van der Waals surface area contributed by atoms with Gasteiger partial charge in [0.2, 0.25) is 5.78 Å². The van der Waals surface area contributed by atoms with E-state index in [9.17, 15) is 0 Å². The molecule has 2 heterocycles. The highest BCUT2D eigenvalue weighted by molar-refractivity contribution is 5.47. The summed E-state index contributed by atoms with van der Waals surface area (Å²) in [5, 5.41) is 0. The molecule has 0 aliphatic rings. The van der Waals surface area contributed by atoms with Gasteiger partial charge >= 0.3 is 0 Å². The topological polar surface area (TPSA) is 36.7 Å². The zero-order valence-corrected chi connectivity index (χ0v) is 13.3. The molecule has 0 saturated carbocycles. The first-order valence-corrected chi connectivity index (χ1v) is 7.35. The molecule has 0 amide bonds. The number of hydrogen-bond donors (Lipinski definition) is 0. The number of hydrogen-bond acceptors (Lipinski definition) is 4. The summed E-state index contributed by atoms with van der Waals surface area (Å²) in [4.78, 5) is 13.2. The molecule has 0 fully saturated rings. The predicted molar refractivity (Wildman–Crippen MR) is 88.9 cm³/mol. The Balaban J connectivity index is 1.69. The van der Waals surface area contributed by atoms with Crippen molar-refractivity contribution in [2.75, 3.05) is 26.0 Å². The predicted octanol–water partition coefficient (Wildman–Crippen LogP) is 2.43. The van der Waals surface area contributed by atoms with Gasteiger partial charge in [-0.05, 0) is 30.8 Å². The summed E-state index contributed by atoms with van der Waals surface area (Å²) in [6.07, 6.45) is 5.77. The van der Waals surface area contributed by atoms with Crippen molar-refractivity contribution in [3.05, 3.63) is 60.2 Å². The lowest BCUT2D eigenvalue weighted by atomic mass is 10.2. The van der Waals surface area contributed by atoms with Crippen LogP contribution in [0.25, 0.3) is 5.78 Å². The fraction of sp³-hybridized carbons (Fsp3) is 0.294. The second kappa shape index (κ2) is 6.15. The molecule has 22 heavy (non-hydrogen) atoms. The van der Waals surface area contributed by atoms with Crippen LogP contribution in [0.2, 0.25) is 0 Å². The van der Waals surface area contributed by atoms with E-state index < -0.39 is 0 Å². The van der Waals surface area contributed by atoms with Crippen molar-refractivity contribution in [3.8, 4) is 0 Å². The Labute approximate surface area is 130 Å². The fourth-order valence-electron chi connectivity index (χ4n) is 2.53. The highest BCUT2D eigenvalue weighted by atomic mass is 15.1. The summed E-state index contributed by atoms with van der Waals surface area (Å²) >= 11 is 0. The third kappa shape index (κ3) is 3.26. The first-order valence-electron chi connectivity index (χ1n) is 7.35. The molecular weight excluding hydrogens is 274 g/mol. The first-order chi connectivity index (χ1) is 10.6. The third-order valence-electron chi connectivity index (χ3n) is 3.60. The van der Waals surface area contributed by atoms with Crippen LogP contribution in [0.1, 0.15) is 11.3 Å². The van der Waals surface area contributed by atoms with Gasteiger partial charge in [0, 0.05) is 51.5 Å². The maximum absolute atomic E-state index is 4.54. The fourth-order valence-corrected chi connectivity index (χ4v) is 2.53. The number of fused-ring (bicyclic) bond motifs is 1. The van der Waals surface area contributed by atoms with Crippen LogP contribution in [0.3, 0.4) is 0 Å². The SMILES string of the molecule is CN(Cc1cccc(N(C)C)c1)Cc1cn2cccnc2n1. The van der Waals surface area contributed by atoms with Gasteiger partial charge in [0.1, 0.15) is 0 Å². The van der Waals surface area contributed by atoms with Crippen molar-refractivity contribution >= 4 is 11.5 Å². The number of nitrogens with zero attached hydrogens (tertiary/aromatic N) is 5. The third-order valence-corrected chi connectivity index (χ3v) is 3.60. The quantitative estimate of drug-likeness (QED) is 0.724. The minimum atomic E-state index is 0.750. The van der Waals surface area contributed by atoms with E-state index in [1.165, 1.54) is 11.3 Å². The molecular formula is C17H21N5. The number of anilines is 1. The lowest BCUT2D eigenvalue weighted by Gasteiger charge is -2.18. The van der Waals surface area contributed by atoms with E-state index in [0.29, 0.717) is 0 Å². The molecule has 114 valence electrons. The molecule has 5 heteroatoms. The smallest absolute Gasteiger partial charge is 0.233 e.